The lowest BCUT2D eigenvalue weighted by atomic mass is 9.97. The number of hydrogen-bond acceptors (Lipinski definition) is 12. The predicted octanol–water partition coefficient (Wildman–Crippen LogP) is 2.07. The normalized spacial score (nSPS) is 27.4. The van der Waals surface area contributed by atoms with Crippen LogP contribution in [0.15, 0.2) is 95.7 Å². The molecule has 7 N–H and O–H groups in total. The highest BCUT2D eigenvalue weighted by Gasteiger charge is 2.46. The first-order valence-electron chi connectivity index (χ1n) is 12.8. The van der Waals surface area contributed by atoms with Crippen molar-refractivity contribution in [3.63, 3.8) is 0 Å². The molecule has 6 unspecified atom stereocenters. The Bertz CT molecular complexity index is 1470. The van der Waals surface area contributed by atoms with E-state index in [9.17, 15) is 40.5 Å². The molecule has 1 fully saturated rings. The van der Waals surface area contributed by atoms with Crippen molar-refractivity contribution < 1.29 is 59.5 Å². The van der Waals surface area contributed by atoms with Gasteiger partial charge in [0.05, 0.1) is 0 Å². The molecule has 3 aliphatic rings. The molecule has 42 heavy (non-hydrogen) atoms. The molecule has 2 heterocycles. The third kappa shape index (κ3) is 6.26. The molecule has 0 spiro atoms. The van der Waals surface area contributed by atoms with Crippen molar-refractivity contribution in [1.29, 1.82) is 0 Å². The standard InChI is InChI=1S/C30H28O12/c31-17-6-1-15(2-7-17)3-10-25(35)39-14-24-26(36)27(37)28(38)30(42-24)41-23-13-20-21(34)11-19(33)12-22(20)40-29(23)16-4-8-18(32)9-5-16/h1-13,22,24,26-28,30-34,36-38H,14H2. The number of aliphatic hydroxyl groups excluding tert-OH is 5. The first kappa shape index (κ1) is 28.8. The molecule has 12 nitrogen and oxygen atoms in total. The van der Waals surface area contributed by atoms with Gasteiger partial charge in [0.2, 0.25) is 6.29 Å². The summed E-state index contributed by atoms with van der Waals surface area (Å²) in [6, 6.07) is 11.9. The average molecular weight is 581 g/mol. The van der Waals surface area contributed by atoms with Gasteiger partial charge in [0, 0.05) is 29.4 Å². The van der Waals surface area contributed by atoms with Gasteiger partial charge in [0.25, 0.3) is 0 Å². The number of ether oxygens (including phenoxy) is 4. The number of carbonyl (C=O) groups is 1. The molecule has 5 rings (SSSR count). The zero-order valence-corrected chi connectivity index (χ0v) is 21.8. The van der Waals surface area contributed by atoms with Gasteiger partial charge >= 0.3 is 5.97 Å². The fraction of sp³-hybridized carbons (Fsp3) is 0.233. The predicted molar refractivity (Wildman–Crippen MR) is 145 cm³/mol. The number of esters is 1. The molecular formula is C30H28O12. The average Bonchev–Trinajstić information content (AvgIpc) is 2.97. The highest BCUT2D eigenvalue weighted by molar-refractivity contribution is 5.87. The number of aromatic hydroxyl groups is 2. The van der Waals surface area contributed by atoms with Crippen LogP contribution in [0.4, 0.5) is 0 Å². The lowest BCUT2D eigenvalue weighted by Gasteiger charge is -2.40. The van der Waals surface area contributed by atoms with Crippen LogP contribution in [0, 0.1) is 0 Å². The lowest BCUT2D eigenvalue weighted by Crippen LogP contribution is -2.59. The molecule has 0 aromatic heterocycles. The van der Waals surface area contributed by atoms with E-state index in [1.807, 2.05) is 0 Å². The smallest absolute Gasteiger partial charge is 0.330 e. The topological polar surface area (TPSA) is 196 Å². The van der Waals surface area contributed by atoms with E-state index in [4.69, 9.17) is 18.9 Å². The van der Waals surface area contributed by atoms with Gasteiger partial charge in [-0.1, -0.05) is 12.1 Å². The summed E-state index contributed by atoms with van der Waals surface area (Å²) in [5.74, 6) is -1.17. The van der Waals surface area contributed by atoms with E-state index in [1.54, 1.807) is 12.1 Å². The quantitative estimate of drug-likeness (QED) is 0.186. The van der Waals surface area contributed by atoms with Crippen molar-refractivity contribution in [2.75, 3.05) is 6.61 Å². The van der Waals surface area contributed by atoms with Gasteiger partial charge in [-0.25, -0.2) is 4.79 Å². The lowest BCUT2D eigenvalue weighted by molar-refractivity contribution is -0.291. The molecule has 1 aliphatic carbocycles. The number of phenolic OH excluding ortho intramolecular Hbond substituents is 2. The van der Waals surface area contributed by atoms with Crippen LogP contribution in [0.5, 0.6) is 11.5 Å². The molecule has 0 radical (unpaired) electrons. The monoisotopic (exact) mass is 580 g/mol. The molecule has 6 atom stereocenters. The number of aliphatic hydroxyl groups is 5. The van der Waals surface area contributed by atoms with E-state index in [0.29, 0.717) is 11.1 Å². The van der Waals surface area contributed by atoms with Crippen molar-refractivity contribution >= 4 is 17.8 Å². The zero-order chi connectivity index (χ0) is 30.0. The number of benzene rings is 2. The van der Waals surface area contributed by atoms with Crippen molar-refractivity contribution in [3.05, 3.63) is 107 Å². The first-order valence-corrected chi connectivity index (χ1v) is 12.8. The van der Waals surface area contributed by atoms with E-state index >= 15 is 0 Å². The molecule has 0 amide bonds. The van der Waals surface area contributed by atoms with E-state index in [-0.39, 0.29) is 40.1 Å². The van der Waals surface area contributed by atoms with Crippen LogP contribution >= 0.6 is 0 Å². The second kappa shape index (κ2) is 12.0. The zero-order valence-electron chi connectivity index (χ0n) is 21.8. The Hall–Kier alpha value is -4.75. The van der Waals surface area contributed by atoms with Crippen molar-refractivity contribution in [3.8, 4) is 11.5 Å². The van der Waals surface area contributed by atoms with Crippen LogP contribution in [0.3, 0.4) is 0 Å². The highest BCUT2D eigenvalue weighted by Crippen LogP contribution is 2.38. The Morgan fingerprint density at radius 2 is 1.52 bits per heavy atom. The van der Waals surface area contributed by atoms with Crippen LogP contribution in [0.2, 0.25) is 0 Å². The number of carbonyl (C=O) groups excluding carboxylic acids is 1. The maximum Gasteiger partial charge on any atom is 0.330 e. The second-order valence-electron chi connectivity index (χ2n) is 9.69. The van der Waals surface area contributed by atoms with E-state index in [1.165, 1.54) is 54.6 Å². The molecule has 220 valence electrons. The Kier molecular flexibility index (Phi) is 8.22. The summed E-state index contributed by atoms with van der Waals surface area (Å²) >= 11 is 0. The van der Waals surface area contributed by atoms with Gasteiger partial charge in [-0.3, -0.25) is 0 Å². The minimum Gasteiger partial charge on any atom is -0.508 e. The van der Waals surface area contributed by atoms with Crippen LogP contribution < -0.4 is 0 Å². The largest absolute Gasteiger partial charge is 0.508 e. The van der Waals surface area contributed by atoms with Gasteiger partial charge < -0.3 is 54.7 Å². The Labute approximate surface area is 239 Å². The molecule has 0 bridgehead atoms. The third-order valence-corrected chi connectivity index (χ3v) is 6.70. The maximum atomic E-state index is 12.2. The highest BCUT2D eigenvalue weighted by atomic mass is 16.7. The summed E-state index contributed by atoms with van der Waals surface area (Å²) in [6.07, 6.45) is -2.44. The first-order chi connectivity index (χ1) is 20.1. The second-order valence-corrected chi connectivity index (χ2v) is 9.69. The summed E-state index contributed by atoms with van der Waals surface area (Å²) < 4.78 is 22.8. The number of fused-ring (bicyclic) bond motifs is 1. The summed E-state index contributed by atoms with van der Waals surface area (Å²) in [5, 5.41) is 71.1. The summed E-state index contributed by atoms with van der Waals surface area (Å²) in [7, 11) is 0. The van der Waals surface area contributed by atoms with Crippen molar-refractivity contribution in [1.82, 2.24) is 0 Å². The summed E-state index contributed by atoms with van der Waals surface area (Å²) in [5.41, 5.74) is 1.28. The summed E-state index contributed by atoms with van der Waals surface area (Å²) in [6.45, 7) is -0.499. The summed E-state index contributed by atoms with van der Waals surface area (Å²) in [4.78, 5) is 12.2. The molecule has 1 saturated heterocycles. The third-order valence-electron chi connectivity index (χ3n) is 6.70. The Balaban J connectivity index is 1.34. The van der Waals surface area contributed by atoms with Crippen LogP contribution in [0.1, 0.15) is 11.1 Å². The van der Waals surface area contributed by atoms with E-state index < -0.39 is 49.4 Å². The molecule has 12 heteroatoms. The van der Waals surface area contributed by atoms with Crippen LogP contribution in [-0.4, -0.2) is 85.1 Å². The van der Waals surface area contributed by atoms with Crippen molar-refractivity contribution in [2.24, 2.45) is 0 Å². The SMILES string of the molecule is O=C(C=Cc1ccc(O)cc1)OCC1OC(OC2=C(c3ccc(O)cc3)OC3C=C(O)C=C(O)C3=C2)C(O)C(O)C1O. The fourth-order valence-corrected chi connectivity index (χ4v) is 4.46. The van der Waals surface area contributed by atoms with E-state index in [0.717, 1.165) is 12.2 Å². The molecule has 2 aliphatic heterocycles. The number of allylic oxidation sites excluding steroid dienone is 2. The Morgan fingerprint density at radius 3 is 2.21 bits per heavy atom. The van der Waals surface area contributed by atoms with Crippen LogP contribution in [-0.2, 0) is 23.7 Å². The van der Waals surface area contributed by atoms with Crippen molar-refractivity contribution in [2.45, 2.75) is 36.8 Å². The number of rotatable bonds is 7. The van der Waals surface area contributed by atoms with Gasteiger partial charge in [-0.05, 0) is 54.1 Å². The molecule has 0 saturated carbocycles. The molecular weight excluding hydrogens is 552 g/mol. The maximum absolute atomic E-state index is 12.2. The minimum absolute atomic E-state index is 0.0110. The van der Waals surface area contributed by atoms with Crippen LogP contribution in [0.25, 0.3) is 11.8 Å². The van der Waals surface area contributed by atoms with Gasteiger partial charge in [-0.15, -0.1) is 0 Å². The number of phenols is 2. The Morgan fingerprint density at radius 1 is 0.857 bits per heavy atom. The number of hydrogen-bond donors (Lipinski definition) is 7. The van der Waals surface area contributed by atoms with Gasteiger partial charge in [0.15, 0.2) is 11.5 Å². The molecule has 2 aromatic carbocycles. The minimum atomic E-state index is -1.74. The molecule has 2 aromatic rings. The van der Waals surface area contributed by atoms with E-state index in [2.05, 4.69) is 0 Å². The van der Waals surface area contributed by atoms with Gasteiger partial charge in [0.1, 0.15) is 60.1 Å². The fourth-order valence-electron chi connectivity index (χ4n) is 4.46. The van der Waals surface area contributed by atoms with Gasteiger partial charge in [-0.2, -0.15) is 0 Å².